The van der Waals surface area contributed by atoms with Crippen molar-refractivity contribution < 1.29 is 30.5 Å². The topological polar surface area (TPSA) is 129 Å². The fraction of sp³-hybridized carbons (Fsp3) is 0. The Kier molecular flexibility index (Phi) is 18.6. The van der Waals surface area contributed by atoms with Gasteiger partial charge in [-0.25, -0.2) is 0 Å². The molecule has 0 saturated carbocycles. The Morgan fingerprint density at radius 1 is 0.917 bits per heavy atom. The van der Waals surface area contributed by atoms with Gasteiger partial charge in [0.05, 0.1) is 0 Å². The van der Waals surface area contributed by atoms with Crippen molar-refractivity contribution in [2.24, 2.45) is 0 Å². The van der Waals surface area contributed by atoms with E-state index in [1.807, 2.05) is 0 Å². The Morgan fingerprint density at radius 2 is 0.917 bits per heavy atom. The zero-order valence-electron chi connectivity index (χ0n) is 4.24. The molecule has 0 unspecified atom stereocenters. The second kappa shape index (κ2) is 9.45. The van der Waals surface area contributed by atoms with Crippen LogP contribution < -0.4 is 0 Å². The summed E-state index contributed by atoms with van der Waals surface area (Å²) < 4.78 is 57.0. The number of hydrogen-bond acceptors (Lipinski definition) is 4. The van der Waals surface area contributed by atoms with Crippen LogP contribution in [0.4, 0.5) is 0 Å². The molecule has 0 spiro atoms. The Hall–Kier alpha value is 1.90. The molecule has 0 aromatic heterocycles. The van der Waals surface area contributed by atoms with Crippen molar-refractivity contribution in [3.05, 3.63) is 0 Å². The quantitative estimate of drug-likeness (QED) is 0.164. The summed E-state index contributed by atoms with van der Waals surface area (Å²) in [5.41, 5.74) is 0. The molecule has 0 saturated heterocycles. The molecule has 0 aliphatic rings. The number of thiol groups is 1. The van der Waals surface area contributed by atoms with Gasteiger partial charge < -0.3 is 0 Å². The number of rotatable bonds is 0. The fourth-order valence-corrected chi connectivity index (χ4v) is 0. The zero-order chi connectivity index (χ0) is 9.00. The van der Waals surface area contributed by atoms with Gasteiger partial charge in [-0.15, -0.1) is 0 Å². The van der Waals surface area contributed by atoms with Crippen molar-refractivity contribution in [2.75, 3.05) is 0 Å². The van der Waals surface area contributed by atoms with E-state index in [-0.39, 0.29) is 52.6 Å². The van der Waals surface area contributed by atoms with Crippen molar-refractivity contribution in [3.63, 3.8) is 0 Å². The predicted molar refractivity (Wildman–Crippen MR) is 50.4 cm³/mol. The van der Waals surface area contributed by atoms with Crippen LogP contribution in [-0.4, -0.2) is 83.1 Å². The van der Waals surface area contributed by atoms with Gasteiger partial charge >= 0.3 is 72.2 Å². The third-order valence-electron chi connectivity index (χ3n) is 0. The van der Waals surface area contributed by atoms with Crippen LogP contribution in [0.1, 0.15) is 0 Å². The van der Waals surface area contributed by atoms with Crippen LogP contribution in [0, 0.1) is 0 Å². The molecular weight excluding hydrogens is 255 g/mol. The van der Waals surface area contributed by atoms with E-state index in [1.165, 1.54) is 0 Å². The molecule has 0 atom stereocenters. The van der Waals surface area contributed by atoms with Crippen LogP contribution in [0.15, 0.2) is 0 Å². The zero-order valence-corrected chi connectivity index (χ0v) is 6.77. The first kappa shape index (κ1) is 23.6. The summed E-state index contributed by atoms with van der Waals surface area (Å²) in [4.78, 5) is 0. The first-order chi connectivity index (χ1) is 4.00. The van der Waals surface area contributed by atoms with E-state index in [4.69, 9.17) is 30.5 Å². The molecule has 0 aromatic carbocycles. The minimum atomic E-state index is -4.67. The maximum absolute atomic E-state index is 9.05. The maximum atomic E-state index is 9.05. The summed E-state index contributed by atoms with van der Waals surface area (Å²) in [6, 6.07) is 0. The molecule has 12 heavy (non-hydrogen) atoms. The molecule has 12 heteroatoms. The monoisotopic (exact) mass is 262 g/mol. The molecule has 3 N–H and O–H groups in total. The van der Waals surface area contributed by atoms with Gasteiger partial charge in [0.25, 0.3) is 0 Å². The summed E-state index contributed by atoms with van der Waals surface area (Å²) in [5.74, 6) is 0. The summed E-state index contributed by atoms with van der Waals surface area (Å²) in [6.07, 6.45) is 0. The van der Waals surface area contributed by atoms with Gasteiger partial charge in [-0.05, 0) is 11.7 Å². The van der Waals surface area contributed by atoms with Gasteiger partial charge in [-0.1, -0.05) is 0 Å². The van der Waals surface area contributed by atoms with Gasteiger partial charge in [-0.2, -0.15) is 16.8 Å². The third-order valence-corrected chi connectivity index (χ3v) is 0. The summed E-state index contributed by atoms with van der Waals surface area (Å²) in [5, 5.41) is 0. The third kappa shape index (κ3) is 393. The van der Waals surface area contributed by atoms with Crippen molar-refractivity contribution in [2.45, 2.75) is 0 Å². The first-order valence-electron chi connectivity index (χ1n) is 1.40. The SMILES string of the molecule is O=S(=O)(O)O.O=S(=O)(O)S.[MgH2].[NaH]. The van der Waals surface area contributed by atoms with Crippen LogP contribution in [-0.2, 0) is 19.5 Å². The fourth-order valence-electron chi connectivity index (χ4n) is 0. The number of hydrogen-bond donors (Lipinski definition) is 4. The Labute approximate surface area is 113 Å². The van der Waals surface area contributed by atoms with Crippen LogP contribution >= 0.6 is 11.7 Å². The van der Waals surface area contributed by atoms with Crippen LogP contribution in [0.5, 0.6) is 0 Å². The minimum absolute atomic E-state index is 0. The van der Waals surface area contributed by atoms with Crippen molar-refractivity contribution in [1.82, 2.24) is 0 Å². The van der Waals surface area contributed by atoms with E-state index in [1.54, 1.807) is 0 Å². The average Bonchev–Trinajstić information content (AvgIpc) is 1.12. The standard InChI is InChI=1S/Mg.Na.H2O4S.H2O3S2.3H/c;;2*1-5(2,3)4;;;/h;;2*(H2,1,2,3,4);;;. The van der Waals surface area contributed by atoms with Crippen molar-refractivity contribution in [1.29, 1.82) is 0 Å². The molecule has 0 aliphatic carbocycles. The summed E-state index contributed by atoms with van der Waals surface area (Å²) in [7, 11) is -8.64. The molecule has 0 bridgehead atoms. The van der Waals surface area contributed by atoms with E-state index in [9.17, 15) is 0 Å². The molecule has 7 nitrogen and oxygen atoms in total. The first-order valence-corrected chi connectivity index (χ1v) is 5.29. The van der Waals surface area contributed by atoms with Crippen LogP contribution in [0.3, 0.4) is 0 Å². The molecule has 0 aliphatic heterocycles. The van der Waals surface area contributed by atoms with Crippen LogP contribution in [0.25, 0.3) is 0 Å². The molecule has 0 amide bonds. The molecule has 70 valence electrons. The predicted octanol–water partition coefficient (Wildman–Crippen LogP) is -2.50. The van der Waals surface area contributed by atoms with Crippen LogP contribution in [0.2, 0.25) is 0 Å². The second-order valence-electron chi connectivity index (χ2n) is 0.896. The molecular formula is H7MgNaO7S3. The van der Waals surface area contributed by atoms with E-state index in [2.05, 4.69) is 11.7 Å². The summed E-state index contributed by atoms with van der Waals surface area (Å²) in [6.45, 7) is 0. The Morgan fingerprint density at radius 3 is 0.917 bits per heavy atom. The molecule has 0 radical (unpaired) electrons. The van der Waals surface area contributed by atoms with Gasteiger partial charge in [0.15, 0.2) is 0 Å². The molecule has 0 aromatic rings. The molecule has 0 fully saturated rings. The normalized spacial score (nSPS) is 9.67. The average molecular weight is 263 g/mol. The molecule has 0 rings (SSSR count). The van der Waals surface area contributed by atoms with Gasteiger partial charge in [0.2, 0.25) is 0 Å². The van der Waals surface area contributed by atoms with Gasteiger partial charge in [0, 0.05) is 0 Å². The van der Waals surface area contributed by atoms with E-state index in [0.29, 0.717) is 0 Å². The van der Waals surface area contributed by atoms with Crippen molar-refractivity contribution >= 4 is 83.8 Å². The summed E-state index contributed by atoms with van der Waals surface area (Å²) >= 11 is 2.65. The van der Waals surface area contributed by atoms with Crippen molar-refractivity contribution in [3.8, 4) is 0 Å². The van der Waals surface area contributed by atoms with E-state index < -0.39 is 19.5 Å². The Balaban J connectivity index is -0.0000000457. The Bertz CT molecular complexity index is 215. The second-order valence-corrected chi connectivity index (χ2v) is 4.07. The molecule has 0 heterocycles. The van der Waals surface area contributed by atoms with Gasteiger partial charge in [-0.3, -0.25) is 13.7 Å². The van der Waals surface area contributed by atoms with E-state index >= 15 is 0 Å². The van der Waals surface area contributed by atoms with E-state index in [0.717, 1.165) is 0 Å². The van der Waals surface area contributed by atoms with Gasteiger partial charge in [0.1, 0.15) is 0 Å².